The molecule has 1 aliphatic rings. The molecule has 2 rings (SSSR count). The maximum Gasteiger partial charge on any atom is 0.327 e. The number of thioether (sulfide) groups is 1. The van der Waals surface area contributed by atoms with E-state index in [0.29, 0.717) is 23.3 Å². The van der Waals surface area contributed by atoms with Crippen molar-refractivity contribution >= 4 is 23.6 Å². The van der Waals surface area contributed by atoms with Crippen LogP contribution in [0.3, 0.4) is 0 Å². The molecule has 0 bridgehead atoms. The van der Waals surface area contributed by atoms with Crippen molar-refractivity contribution in [2.24, 2.45) is 0 Å². The Labute approximate surface area is 121 Å². The molecule has 0 saturated carbocycles. The summed E-state index contributed by atoms with van der Waals surface area (Å²) in [7, 11) is 0. The fraction of sp³-hybridized carbons (Fsp3) is 0.357. The lowest BCUT2D eigenvalue weighted by molar-refractivity contribution is -0.141. The molecule has 104 valence electrons. The normalized spacial score (nSPS) is 21.5. The van der Waals surface area contributed by atoms with Gasteiger partial charge >= 0.3 is 5.97 Å². The highest BCUT2D eigenvalue weighted by Gasteiger charge is 2.40. The summed E-state index contributed by atoms with van der Waals surface area (Å²) in [5, 5.41) is 17.9. The van der Waals surface area contributed by atoms with E-state index >= 15 is 0 Å². The van der Waals surface area contributed by atoms with Gasteiger partial charge in [-0.25, -0.2) is 4.79 Å². The molecule has 0 spiro atoms. The first kappa shape index (κ1) is 14.4. The van der Waals surface area contributed by atoms with E-state index in [4.69, 9.17) is 5.26 Å². The Hall–Kier alpha value is -2.00. The van der Waals surface area contributed by atoms with Crippen molar-refractivity contribution in [3.8, 4) is 6.07 Å². The highest BCUT2D eigenvalue weighted by Crippen LogP contribution is 2.32. The predicted molar refractivity (Wildman–Crippen MR) is 75.3 cm³/mol. The minimum absolute atomic E-state index is 0.112. The molecule has 0 radical (unpaired) electrons. The van der Waals surface area contributed by atoms with E-state index in [-0.39, 0.29) is 11.3 Å². The monoisotopic (exact) mass is 290 g/mol. The largest absolute Gasteiger partial charge is 0.480 e. The number of hydrogen-bond acceptors (Lipinski definition) is 4. The Bertz CT molecular complexity index is 565. The van der Waals surface area contributed by atoms with E-state index in [2.05, 4.69) is 0 Å². The van der Waals surface area contributed by atoms with Crippen LogP contribution in [-0.4, -0.2) is 39.1 Å². The van der Waals surface area contributed by atoms with Crippen molar-refractivity contribution in [3.63, 3.8) is 0 Å². The quantitative estimate of drug-likeness (QED) is 0.920. The zero-order chi connectivity index (χ0) is 14.7. The number of hydrogen-bond donors (Lipinski definition) is 1. The molecule has 1 N–H and O–H groups in total. The highest BCUT2D eigenvalue weighted by atomic mass is 32.2. The number of nitrogens with zero attached hydrogens (tertiary/aromatic N) is 2. The van der Waals surface area contributed by atoms with Crippen LogP contribution in [0.25, 0.3) is 0 Å². The summed E-state index contributed by atoms with van der Waals surface area (Å²) in [5.41, 5.74) is 0.885. The standard InChI is InChI=1S/C14H14N2O3S/c1-2-12-16(11(8-20-12)14(18)19)13(17)10-5-3-9(7-15)4-6-10/h3-6,11-12H,2,8H2,1H3,(H,18,19). The average molecular weight is 290 g/mol. The molecule has 0 aromatic heterocycles. The number of carbonyl (C=O) groups is 2. The van der Waals surface area contributed by atoms with Crippen molar-refractivity contribution in [3.05, 3.63) is 35.4 Å². The third-order valence-corrected chi connectivity index (χ3v) is 4.68. The molecular formula is C14H14N2O3S. The van der Waals surface area contributed by atoms with Crippen LogP contribution in [0, 0.1) is 11.3 Å². The summed E-state index contributed by atoms with van der Waals surface area (Å²) in [6.07, 6.45) is 0.705. The predicted octanol–water partition coefficient (Wildman–Crippen LogP) is 1.94. The van der Waals surface area contributed by atoms with Gasteiger partial charge in [0.15, 0.2) is 0 Å². The minimum atomic E-state index is -0.976. The van der Waals surface area contributed by atoms with Crippen LogP contribution >= 0.6 is 11.8 Å². The lowest BCUT2D eigenvalue weighted by Gasteiger charge is -2.26. The summed E-state index contributed by atoms with van der Waals surface area (Å²) in [5.74, 6) is -0.857. The Morgan fingerprint density at radius 2 is 2.10 bits per heavy atom. The minimum Gasteiger partial charge on any atom is -0.480 e. The van der Waals surface area contributed by atoms with E-state index in [1.165, 1.54) is 16.7 Å². The van der Waals surface area contributed by atoms with Crippen molar-refractivity contribution < 1.29 is 14.7 Å². The number of nitriles is 1. The zero-order valence-corrected chi connectivity index (χ0v) is 11.8. The van der Waals surface area contributed by atoms with Gasteiger partial charge in [-0.2, -0.15) is 5.26 Å². The van der Waals surface area contributed by atoms with Crippen LogP contribution < -0.4 is 0 Å². The maximum absolute atomic E-state index is 12.5. The van der Waals surface area contributed by atoms with Crippen molar-refractivity contribution in [2.75, 3.05) is 5.75 Å². The molecule has 20 heavy (non-hydrogen) atoms. The smallest absolute Gasteiger partial charge is 0.327 e. The van der Waals surface area contributed by atoms with Gasteiger partial charge in [0.2, 0.25) is 0 Å². The van der Waals surface area contributed by atoms with Crippen molar-refractivity contribution in [2.45, 2.75) is 24.8 Å². The van der Waals surface area contributed by atoms with Gasteiger partial charge in [-0.15, -0.1) is 11.8 Å². The number of carboxylic acids is 1. The molecule has 1 saturated heterocycles. The van der Waals surface area contributed by atoms with E-state index in [1.807, 2.05) is 13.0 Å². The summed E-state index contributed by atoms with van der Waals surface area (Å²) in [4.78, 5) is 25.2. The van der Waals surface area contributed by atoms with Gasteiger partial charge in [-0.3, -0.25) is 4.79 Å². The summed E-state index contributed by atoms with van der Waals surface area (Å²) < 4.78 is 0. The van der Waals surface area contributed by atoms with E-state index in [0.717, 1.165) is 0 Å². The van der Waals surface area contributed by atoms with Gasteiger partial charge in [-0.05, 0) is 30.7 Å². The van der Waals surface area contributed by atoms with Gasteiger partial charge in [0.25, 0.3) is 5.91 Å². The highest BCUT2D eigenvalue weighted by molar-refractivity contribution is 8.00. The molecule has 1 aromatic rings. The number of aliphatic carboxylic acids is 1. The Morgan fingerprint density at radius 1 is 1.45 bits per heavy atom. The van der Waals surface area contributed by atoms with Crippen LogP contribution in [0.15, 0.2) is 24.3 Å². The number of carbonyl (C=O) groups excluding carboxylic acids is 1. The molecule has 6 heteroatoms. The molecule has 5 nitrogen and oxygen atoms in total. The average Bonchev–Trinajstić information content (AvgIpc) is 2.90. The van der Waals surface area contributed by atoms with E-state index < -0.39 is 12.0 Å². The molecule has 0 aliphatic carbocycles. The van der Waals surface area contributed by atoms with E-state index in [1.54, 1.807) is 24.3 Å². The fourth-order valence-electron chi connectivity index (χ4n) is 2.18. The molecule has 1 amide bonds. The van der Waals surface area contributed by atoms with Crippen LogP contribution in [0.1, 0.15) is 29.3 Å². The number of rotatable bonds is 3. The topological polar surface area (TPSA) is 81.4 Å². The van der Waals surface area contributed by atoms with Crippen LogP contribution in [0.4, 0.5) is 0 Å². The van der Waals surface area contributed by atoms with Crippen molar-refractivity contribution in [1.82, 2.24) is 4.90 Å². The fourth-order valence-corrected chi connectivity index (χ4v) is 3.52. The Morgan fingerprint density at radius 3 is 2.60 bits per heavy atom. The van der Waals surface area contributed by atoms with Crippen molar-refractivity contribution in [1.29, 1.82) is 5.26 Å². The summed E-state index contributed by atoms with van der Waals surface area (Å²) in [6.45, 7) is 1.93. The van der Waals surface area contributed by atoms with Crippen LogP contribution in [0.2, 0.25) is 0 Å². The van der Waals surface area contributed by atoms with Gasteiger partial charge in [0, 0.05) is 11.3 Å². The van der Waals surface area contributed by atoms with Crippen LogP contribution in [0.5, 0.6) is 0 Å². The lowest BCUT2D eigenvalue weighted by atomic mass is 10.1. The molecule has 2 unspecified atom stereocenters. The molecule has 2 atom stereocenters. The molecule has 1 fully saturated rings. The molecule has 1 heterocycles. The number of carboxylic acid groups (broad SMARTS) is 1. The van der Waals surface area contributed by atoms with E-state index in [9.17, 15) is 14.7 Å². The Balaban J connectivity index is 2.28. The lowest BCUT2D eigenvalue weighted by Crippen LogP contribution is -2.45. The first-order valence-electron chi connectivity index (χ1n) is 6.25. The van der Waals surface area contributed by atoms with Crippen LogP contribution in [-0.2, 0) is 4.79 Å². The summed E-state index contributed by atoms with van der Waals surface area (Å²) in [6, 6.07) is 7.46. The first-order chi connectivity index (χ1) is 9.58. The zero-order valence-electron chi connectivity index (χ0n) is 10.9. The third-order valence-electron chi connectivity index (χ3n) is 3.22. The first-order valence-corrected chi connectivity index (χ1v) is 7.30. The summed E-state index contributed by atoms with van der Waals surface area (Å²) >= 11 is 1.49. The maximum atomic E-state index is 12.5. The van der Waals surface area contributed by atoms with Gasteiger partial charge < -0.3 is 10.0 Å². The van der Waals surface area contributed by atoms with Gasteiger partial charge in [-0.1, -0.05) is 6.92 Å². The van der Waals surface area contributed by atoms with Gasteiger partial charge in [0.05, 0.1) is 17.0 Å². The number of benzene rings is 1. The van der Waals surface area contributed by atoms with Gasteiger partial charge in [0.1, 0.15) is 6.04 Å². The molecule has 1 aromatic carbocycles. The molecular weight excluding hydrogens is 276 g/mol. The Kier molecular flexibility index (Phi) is 4.30. The molecule has 1 aliphatic heterocycles. The SMILES string of the molecule is CCC1SCC(C(=O)O)N1C(=O)c1ccc(C#N)cc1. The second-order valence-corrected chi connectivity index (χ2v) is 5.66. The second kappa shape index (κ2) is 5.97. The number of amides is 1. The second-order valence-electron chi connectivity index (χ2n) is 4.45. The third kappa shape index (κ3) is 2.63.